The summed E-state index contributed by atoms with van der Waals surface area (Å²) >= 11 is 3.45. The summed E-state index contributed by atoms with van der Waals surface area (Å²) in [6.45, 7) is 2.41. The van der Waals surface area contributed by atoms with Crippen LogP contribution in [-0.2, 0) is 4.79 Å². The van der Waals surface area contributed by atoms with E-state index >= 15 is 0 Å². The van der Waals surface area contributed by atoms with Crippen LogP contribution in [0.15, 0.2) is 53.0 Å². The number of hydrogen-bond acceptors (Lipinski definition) is 4. The van der Waals surface area contributed by atoms with Crippen molar-refractivity contribution in [1.82, 2.24) is 5.32 Å². The first-order valence-electron chi connectivity index (χ1n) is 8.30. The fraction of sp³-hybridized carbons (Fsp3) is 0.316. The molecule has 2 aromatic rings. The van der Waals surface area contributed by atoms with Crippen molar-refractivity contribution in [3.05, 3.63) is 53.0 Å². The van der Waals surface area contributed by atoms with Gasteiger partial charge in [0.2, 0.25) is 5.91 Å². The molecule has 2 aromatic carbocycles. The molecule has 2 aliphatic rings. The summed E-state index contributed by atoms with van der Waals surface area (Å²) in [7, 11) is 1.65. The van der Waals surface area contributed by atoms with Gasteiger partial charge >= 0.3 is 0 Å². The molecule has 2 aliphatic heterocycles. The van der Waals surface area contributed by atoms with Crippen molar-refractivity contribution in [3.63, 3.8) is 0 Å². The third-order valence-electron chi connectivity index (χ3n) is 5.07. The maximum absolute atomic E-state index is 13.2. The summed E-state index contributed by atoms with van der Waals surface area (Å²) in [5.41, 5.74) is 1.77. The molecule has 1 amide bonds. The van der Waals surface area contributed by atoms with Crippen molar-refractivity contribution < 1.29 is 9.53 Å². The van der Waals surface area contributed by atoms with Crippen LogP contribution in [0.1, 0.15) is 0 Å². The number of nitrogens with one attached hydrogen (secondary N) is 2. The van der Waals surface area contributed by atoms with Gasteiger partial charge in [0.05, 0.1) is 7.11 Å². The number of carbonyl (C=O) groups excluding carboxylic acids is 1. The van der Waals surface area contributed by atoms with E-state index < -0.39 is 0 Å². The van der Waals surface area contributed by atoms with Crippen molar-refractivity contribution in [1.29, 1.82) is 0 Å². The summed E-state index contributed by atoms with van der Waals surface area (Å²) in [5.74, 6) is 0.896. The Morgan fingerprint density at radius 3 is 2.64 bits per heavy atom. The highest BCUT2D eigenvalue weighted by molar-refractivity contribution is 9.10. The van der Waals surface area contributed by atoms with E-state index in [0.717, 1.165) is 41.2 Å². The van der Waals surface area contributed by atoms with Gasteiger partial charge in [-0.2, -0.15) is 0 Å². The maximum atomic E-state index is 13.2. The lowest BCUT2D eigenvalue weighted by molar-refractivity contribution is -0.119. The fourth-order valence-corrected chi connectivity index (χ4v) is 3.86. The molecule has 2 fully saturated rings. The first-order chi connectivity index (χ1) is 12.1. The van der Waals surface area contributed by atoms with Gasteiger partial charge < -0.3 is 20.3 Å². The second kappa shape index (κ2) is 6.35. The standard InChI is InChI=1S/C19H20BrN3O2/c1-25-16-4-2-3-14(9-16)22-17-18(24)23(12-19(17)10-21-11-19)15-7-5-13(20)6-8-15/h2-9,17,21-22H,10-12H2,1H3. The van der Waals surface area contributed by atoms with Crippen LogP contribution in [0, 0.1) is 5.41 Å². The predicted octanol–water partition coefficient (Wildman–Crippen LogP) is 2.87. The van der Waals surface area contributed by atoms with Gasteiger partial charge in [-0.15, -0.1) is 0 Å². The van der Waals surface area contributed by atoms with Gasteiger partial charge in [0.15, 0.2) is 0 Å². The van der Waals surface area contributed by atoms with Crippen LogP contribution < -0.4 is 20.3 Å². The molecule has 4 rings (SSSR count). The van der Waals surface area contributed by atoms with Crippen molar-refractivity contribution in [3.8, 4) is 5.75 Å². The Kier molecular flexibility index (Phi) is 4.17. The number of hydrogen-bond donors (Lipinski definition) is 2. The van der Waals surface area contributed by atoms with E-state index in [0.29, 0.717) is 0 Å². The zero-order valence-corrected chi connectivity index (χ0v) is 15.5. The molecule has 2 N–H and O–H groups in total. The minimum atomic E-state index is -0.246. The quantitative estimate of drug-likeness (QED) is 0.826. The molecule has 25 heavy (non-hydrogen) atoms. The summed E-state index contributed by atoms with van der Waals surface area (Å²) in [6, 6.07) is 15.4. The van der Waals surface area contributed by atoms with E-state index in [1.54, 1.807) is 7.11 Å². The van der Waals surface area contributed by atoms with E-state index in [-0.39, 0.29) is 17.4 Å². The van der Waals surface area contributed by atoms with E-state index in [4.69, 9.17) is 4.74 Å². The molecule has 0 aromatic heterocycles. The van der Waals surface area contributed by atoms with Crippen molar-refractivity contribution in [2.45, 2.75) is 6.04 Å². The smallest absolute Gasteiger partial charge is 0.250 e. The highest BCUT2D eigenvalue weighted by Crippen LogP contribution is 2.40. The Labute approximate surface area is 155 Å². The number of nitrogens with zero attached hydrogens (tertiary/aromatic N) is 1. The average molecular weight is 402 g/mol. The van der Waals surface area contributed by atoms with Crippen LogP contribution in [0.3, 0.4) is 0 Å². The molecular weight excluding hydrogens is 382 g/mol. The molecule has 0 saturated carbocycles. The molecule has 0 radical (unpaired) electrons. The van der Waals surface area contributed by atoms with Gasteiger partial charge in [-0.1, -0.05) is 22.0 Å². The minimum absolute atomic E-state index is 0.0762. The van der Waals surface area contributed by atoms with Gasteiger partial charge in [0.25, 0.3) is 0 Å². The lowest BCUT2D eigenvalue weighted by Crippen LogP contribution is -2.62. The van der Waals surface area contributed by atoms with E-state index in [9.17, 15) is 4.79 Å². The normalized spacial score (nSPS) is 21.3. The Balaban J connectivity index is 1.61. The topological polar surface area (TPSA) is 53.6 Å². The molecule has 0 bridgehead atoms. The van der Waals surface area contributed by atoms with Crippen LogP contribution in [-0.4, -0.2) is 38.7 Å². The Bertz CT molecular complexity index is 790. The number of benzene rings is 2. The van der Waals surface area contributed by atoms with Crippen LogP contribution in [0.2, 0.25) is 0 Å². The Morgan fingerprint density at radius 2 is 2.00 bits per heavy atom. The summed E-state index contributed by atoms with van der Waals surface area (Å²) in [5, 5.41) is 6.78. The molecule has 1 spiro atoms. The second-order valence-corrected chi connectivity index (χ2v) is 7.59. The van der Waals surface area contributed by atoms with Crippen LogP contribution >= 0.6 is 15.9 Å². The SMILES string of the molecule is COc1cccc(NC2C(=O)N(c3ccc(Br)cc3)CC23CNC3)c1. The van der Waals surface area contributed by atoms with Gasteiger partial charge in [-0.25, -0.2) is 0 Å². The highest BCUT2D eigenvalue weighted by atomic mass is 79.9. The number of ether oxygens (including phenoxy) is 1. The van der Waals surface area contributed by atoms with Crippen LogP contribution in [0.5, 0.6) is 5.75 Å². The van der Waals surface area contributed by atoms with Crippen molar-refractivity contribution in [2.75, 3.05) is 37.0 Å². The molecule has 130 valence electrons. The van der Waals surface area contributed by atoms with Gasteiger partial charge in [0, 0.05) is 47.0 Å². The number of methoxy groups -OCH3 is 1. The molecule has 2 saturated heterocycles. The Hall–Kier alpha value is -2.05. The first-order valence-corrected chi connectivity index (χ1v) is 9.09. The van der Waals surface area contributed by atoms with Gasteiger partial charge in [0.1, 0.15) is 11.8 Å². The van der Waals surface area contributed by atoms with Crippen molar-refractivity contribution in [2.24, 2.45) is 5.41 Å². The summed E-state index contributed by atoms with van der Waals surface area (Å²) in [4.78, 5) is 15.0. The zero-order valence-electron chi connectivity index (χ0n) is 14.0. The largest absolute Gasteiger partial charge is 0.497 e. The van der Waals surface area contributed by atoms with E-state index in [1.807, 2.05) is 53.4 Å². The maximum Gasteiger partial charge on any atom is 0.250 e. The second-order valence-electron chi connectivity index (χ2n) is 6.68. The molecule has 6 heteroatoms. The summed E-state index contributed by atoms with van der Waals surface area (Å²) in [6.07, 6.45) is 0. The Morgan fingerprint density at radius 1 is 1.24 bits per heavy atom. The number of carbonyl (C=O) groups is 1. The fourth-order valence-electron chi connectivity index (χ4n) is 3.60. The molecule has 0 aliphatic carbocycles. The zero-order chi connectivity index (χ0) is 17.4. The monoisotopic (exact) mass is 401 g/mol. The van der Waals surface area contributed by atoms with Crippen LogP contribution in [0.25, 0.3) is 0 Å². The van der Waals surface area contributed by atoms with Gasteiger partial charge in [-0.3, -0.25) is 4.79 Å². The highest BCUT2D eigenvalue weighted by Gasteiger charge is 2.56. The number of anilines is 2. The lowest BCUT2D eigenvalue weighted by Gasteiger charge is -2.42. The average Bonchev–Trinajstić information content (AvgIpc) is 2.89. The van der Waals surface area contributed by atoms with E-state index in [2.05, 4.69) is 26.6 Å². The number of amides is 1. The number of rotatable bonds is 4. The molecule has 1 atom stereocenters. The molecular formula is C19H20BrN3O2. The third-order valence-corrected chi connectivity index (χ3v) is 5.60. The molecule has 1 unspecified atom stereocenters. The minimum Gasteiger partial charge on any atom is -0.497 e. The molecule has 5 nitrogen and oxygen atoms in total. The number of halogens is 1. The summed E-state index contributed by atoms with van der Waals surface area (Å²) < 4.78 is 6.30. The van der Waals surface area contributed by atoms with Gasteiger partial charge in [-0.05, 0) is 36.4 Å². The predicted molar refractivity (Wildman–Crippen MR) is 102 cm³/mol. The molecule has 2 heterocycles. The lowest BCUT2D eigenvalue weighted by atomic mass is 9.77. The first kappa shape index (κ1) is 16.4. The van der Waals surface area contributed by atoms with E-state index in [1.165, 1.54) is 0 Å². The third kappa shape index (κ3) is 2.89. The van der Waals surface area contributed by atoms with Crippen LogP contribution in [0.4, 0.5) is 11.4 Å². The van der Waals surface area contributed by atoms with Crippen molar-refractivity contribution >= 4 is 33.2 Å².